The zero-order valence-electron chi connectivity index (χ0n) is 10.2. The molecule has 0 saturated heterocycles. The van der Waals surface area contributed by atoms with Gasteiger partial charge in [0.2, 0.25) is 0 Å². The number of nitrogens with zero attached hydrogens (tertiary/aromatic N) is 2. The number of rotatable bonds is 2. The van der Waals surface area contributed by atoms with Gasteiger partial charge in [-0.1, -0.05) is 42.5 Å². The molecule has 3 nitrogen and oxygen atoms in total. The summed E-state index contributed by atoms with van der Waals surface area (Å²) in [6, 6.07) is 21.6. The number of aromatic amines is 1. The molecule has 0 unspecified atom stereocenters. The fourth-order valence-corrected chi connectivity index (χ4v) is 1.95. The van der Waals surface area contributed by atoms with Gasteiger partial charge >= 0.3 is 0 Å². The van der Waals surface area contributed by atoms with Crippen LogP contribution >= 0.6 is 0 Å². The lowest BCUT2D eigenvalue weighted by Crippen LogP contribution is -1.78. The minimum Gasteiger partial charge on any atom is -0.277 e. The Kier molecular flexibility index (Phi) is 2.83. The van der Waals surface area contributed by atoms with E-state index in [1.165, 1.54) is 0 Å². The Morgan fingerprint density at radius 3 is 2.32 bits per heavy atom. The van der Waals surface area contributed by atoms with Gasteiger partial charge in [0.05, 0.1) is 23.0 Å². The van der Waals surface area contributed by atoms with Crippen molar-refractivity contribution < 1.29 is 0 Å². The molecule has 0 atom stereocenters. The van der Waals surface area contributed by atoms with Crippen LogP contribution in [-0.2, 0) is 0 Å². The molecule has 0 fully saturated rings. The summed E-state index contributed by atoms with van der Waals surface area (Å²) in [7, 11) is 0. The SMILES string of the molecule is N#Cc1ccc(-c2cc(-c3ccccc3)[nH]n2)cc1. The molecule has 0 amide bonds. The Bertz CT molecular complexity index is 719. The lowest BCUT2D eigenvalue weighted by atomic mass is 10.1. The Labute approximate surface area is 111 Å². The summed E-state index contributed by atoms with van der Waals surface area (Å²) in [6.07, 6.45) is 0. The van der Waals surface area contributed by atoms with Crippen LogP contribution in [0.5, 0.6) is 0 Å². The molecule has 0 aliphatic rings. The number of hydrogen-bond acceptors (Lipinski definition) is 2. The Hall–Kier alpha value is -2.86. The van der Waals surface area contributed by atoms with Gasteiger partial charge in [-0.15, -0.1) is 0 Å². The first-order chi connectivity index (χ1) is 9.36. The van der Waals surface area contributed by atoms with E-state index in [0.717, 1.165) is 22.5 Å². The molecule has 1 heterocycles. The molecule has 1 N–H and O–H groups in total. The first kappa shape index (κ1) is 11.2. The molecule has 19 heavy (non-hydrogen) atoms. The lowest BCUT2D eigenvalue weighted by Gasteiger charge is -1.95. The first-order valence-electron chi connectivity index (χ1n) is 5.98. The van der Waals surface area contributed by atoms with E-state index in [4.69, 9.17) is 5.26 Å². The van der Waals surface area contributed by atoms with Crippen molar-refractivity contribution in [3.8, 4) is 28.6 Å². The highest BCUT2D eigenvalue weighted by Crippen LogP contribution is 2.23. The van der Waals surface area contributed by atoms with Crippen molar-refractivity contribution in [1.29, 1.82) is 5.26 Å². The van der Waals surface area contributed by atoms with E-state index < -0.39 is 0 Å². The van der Waals surface area contributed by atoms with Crippen LogP contribution in [0, 0.1) is 11.3 Å². The number of benzene rings is 2. The van der Waals surface area contributed by atoms with Gasteiger partial charge in [-0.3, -0.25) is 5.10 Å². The van der Waals surface area contributed by atoms with Crippen LogP contribution in [0.4, 0.5) is 0 Å². The van der Waals surface area contributed by atoms with Crippen LogP contribution in [-0.4, -0.2) is 10.2 Å². The normalized spacial score (nSPS) is 10.1. The third kappa shape index (κ3) is 2.24. The average molecular weight is 245 g/mol. The van der Waals surface area contributed by atoms with E-state index in [9.17, 15) is 0 Å². The predicted octanol–water partition coefficient (Wildman–Crippen LogP) is 3.62. The van der Waals surface area contributed by atoms with Crippen LogP contribution in [0.3, 0.4) is 0 Å². The highest BCUT2D eigenvalue weighted by atomic mass is 15.1. The van der Waals surface area contributed by atoms with Gasteiger partial charge in [-0.25, -0.2) is 0 Å². The highest BCUT2D eigenvalue weighted by molar-refractivity contribution is 5.68. The lowest BCUT2D eigenvalue weighted by molar-refractivity contribution is 1.10. The molecule has 0 spiro atoms. The minimum absolute atomic E-state index is 0.655. The van der Waals surface area contributed by atoms with Crippen LogP contribution in [0.1, 0.15) is 5.56 Å². The van der Waals surface area contributed by atoms with Gasteiger partial charge in [0, 0.05) is 5.56 Å². The van der Waals surface area contributed by atoms with Crippen molar-refractivity contribution in [3.05, 3.63) is 66.2 Å². The van der Waals surface area contributed by atoms with Crippen molar-refractivity contribution in [1.82, 2.24) is 10.2 Å². The Morgan fingerprint density at radius 2 is 1.63 bits per heavy atom. The summed E-state index contributed by atoms with van der Waals surface area (Å²) < 4.78 is 0. The van der Waals surface area contributed by atoms with E-state index in [1.807, 2.05) is 48.5 Å². The zero-order chi connectivity index (χ0) is 13.1. The maximum atomic E-state index is 8.78. The van der Waals surface area contributed by atoms with Crippen molar-refractivity contribution in [2.75, 3.05) is 0 Å². The second-order valence-electron chi connectivity index (χ2n) is 4.22. The average Bonchev–Trinajstić information content (AvgIpc) is 2.98. The summed E-state index contributed by atoms with van der Waals surface area (Å²) >= 11 is 0. The molecule has 2 aromatic carbocycles. The van der Waals surface area contributed by atoms with Crippen LogP contribution in [0.2, 0.25) is 0 Å². The maximum Gasteiger partial charge on any atom is 0.0991 e. The molecule has 90 valence electrons. The fourth-order valence-electron chi connectivity index (χ4n) is 1.95. The summed E-state index contributed by atoms with van der Waals surface area (Å²) in [4.78, 5) is 0. The molecule has 3 heteroatoms. The monoisotopic (exact) mass is 245 g/mol. The Morgan fingerprint density at radius 1 is 0.895 bits per heavy atom. The van der Waals surface area contributed by atoms with Gasteiger partial charge in [0.25, 0.3) is 0 Å². The summed E-state index contributed by atoms with van der Waals surface area (Å²) in [5.74, 6) is 0. The quantitative estimate of drug-likeness (QED) is 0.749. The topological polar surface area (TPSA) is 52.5 Å². The molecule has 0 aliphatic heterocycles. The van der Waals surface area contributed by atoms with Gasteiger partial charge in [-0.2, -0.15) is 10.4 Å². The largest absolute Gasteiger partial charge is 0.277 e. The number of aromatic nitrogens is 2. The molecular formula is C16H11N3. The number of nitriles is 1. The highest BCUT2D eigenvalue weighted by Gasteiger charge is 2.05. The molecule has 0 bridgehead atoms. The fraction of sp³-hybridized carbons (Fsp3) is 0. The summed E-state index contributed by atoms with van der Waals surface area (Å²) in [6.45, 7) is 0. The van der Waals surface area contributed by atoms with Crippen molar-refractivity contribution in [2.24, 2.45) is 0 Å². The van der Waals surface area contributed by atoms with E-state index in [-0.39, 0.29) is 0 Å². The smallest absolute Gasteiger partial charge is 0.0991 e. The third-order valence-corrected chi connectivity index (χ3v) is 2.97. The molecule has 1 aromatic heterocycles. The van der Waals surface area contributed by atoms with E-state index in [0.29, 0.717) is 5.56 Å². The number of H-pyrrole nitrogens is 1. The number of nitrogens with one attached hydrogen (secondary N) is 1. The van der Waals surface area contributed by atoms with Crippen LogP contribution < -0.4 is 0 Å². The summed E-state index contributed by atoms with van der Waals surface area (Å²) in [5.41, 5.74) is 4.62. The van der Waals surface area contributed by atoms with E-state index >= 15 is 0 Å². The Balaban J connectivity index is 1.95. The molecule has 3 aromatic rings. The molecule has 3 rings (SSSR count). The molecule has 0 saturated carbocycles. The van der Waals surface area contributed by atoms with Crippen LogP contribution in [0.25, 0.3) is 22.5 Å². The van der Waals surface area contributed by atoms with E-state index in [2.05, 4.69) is 16.3 Å². The van der Waals surface area contributed by atoms with Gasteiger partial charge < -0.3 is 0 Å². The number of hydrogen-bond donors (Lipinski definition) is 1. The minimum atomic E-state index is 0.655. The van der Waals surface area contributed by atoms with Crippen molar-refractivity contribution in [3.63, 3.8) is 0 Å². The summed E-state index contributed by atoms with van der Waals surface area (Å²) in [5, 5.41) is 16.1. The molecule has 0 aliphatic carbocycles. The van der Waals surface area contributed by atoms with Gasteiger partial charge in [0.15, 0.2) is 0 Å². The molecule has 0 radical (unpaired) electrons. The maximum absolute atomic E-state index is 8.78. The zero-order valence-corrected chi connectivity index (χ0v) is 10.2. The second kappa shape index (κ2) is 4.79. The van der Waals surface area contributed by atoms with Gasteiger partial charge in [-0.05, 0) is 23.8 Å². The van der Waals surface area contributed by atoms with E-state index in [1.54, 1.807) is 12.1 Å². The first-order valence-corrected chi connectivity index (χ1v) is 5.98. The third-order valence-electron chi connectivity index (χ3n) is 2.97. The van der Waals surface area contributed by atoms with Crippen molar-refractivity contribution >= 4 is 0 Å². The van der Waals surface area contributed by atoms with Crippen molar-refractivity contribution in [2.45, 2.75) is 0 Å². The second-order valence-corrected chi connectivity index (χ2v) is 4.22. The van der Waals surface area contributed by atoms with Crippen LogP contribution in [0.15, 0.2) is 60.7 Å². The molecular weight excluding hydrogens is 234 g/mol. The predicted molar refractivity (Wildman–Crippen MR) is 74.2 cm³/mol. The van der Waals surface area contributed by atoms with Gasteiger partial charge in [0.1, 0.15) is 0 Å². The standard InChI is InChI=1S/C16H11N3/c17-11-12-6-8-14(9-7-12)16-10-15(18-19-16)13-4-2-1-3-5-13/h1-10H,(H,18,19).